The molecular weight excluding hydrogens is 327 g/mol. The van der Waals surface area contributed by atoms with E-state index < -0.39 is 0 Å². The first-order chi connectivity index (χ1) is 12.7. The highest BCUT2D eigenvalue weighted by Gasteiger charge is 2.06. The lowest BCUT2D eigenvalue weighted by Gasteiger charge is -2.10. The number of nitrogens with two attached hydrogens (primary N) is 1. The van der Waals surface area contributed by atoms with Crippen LogP contribution in [0.1, 0.15) is 32.6 Å². The van der Waals surface area contributed by atoms with Crippen LogP contribution < -0.4 is 10.5 Å². The molecule has 0 saturated heterocycles. The smallest absolute Gasteiger partial charge is 0.123 e. The van der Waals surface area contributed by atoms with Crippen molar-refractivity contribution in [3.63, 3.8) is 0 Å². The van der Waals surface area contributed by atoms with Gasteiger partial charge in [0.15, 0.2) is 0 Å². The molecule has 138 valence electrons. The summed E-state index contributed by atoms with van der Waals surface area (Å²) in [5.41, 5.74) is 7.61. The number of nitrogens with zero attached hydrogens (tertiary/aromatic N) is 1. The molecule has 1 aromatic heterocycles. The van der Waals surface area contributed by atoms with Gasteiger partial charge in [0.25, 0.3) is 0 Å². The van der Waals surface area contributed by atoms with Gasteiger partial charge in [-0.3, -0.25) is 0 Å². The largest absolute Gasteiger partial charge is 0.494 e. The Morgan fingerprint density at radius 3 is 2.62 bits per heavy atom. The van der Waals surface area contributed by atoms with Gasteiger partial charge < -0.3 is 15.0 Å². The van der Waals surface area contributed by atoms with Gasteiger partial charge in [0.1, 0.15) is 11.6 Å². The number of halogens is 1. The first-order valence-electron chi connectivity index (χ1n) is 9.37. The molecule has 0 aliphatic rings. The lowest BCUT2D eigenvalue weighted by atomic mass is 10.0. The lowest BCUT2D eigenvalue weighted by molar-refractivity contribution is 0.299. The van der Waals surface area contributed by atoms with E-state index in [1.54, 1.807) is 12.1 Å². The Labute approximate surface area is 154 Å². The van der Waals surface area contributed by atoms with Crippen LogP contribution >= 0.6 is 0 Å². The molecule has 3 rings (SSSR count). The third-order valence-electron chi connectivity index (χ3n) is 4.79. The maximum Gasteiger partial charge on any atom is 0.123 e. The molecule has 0 fully saturated rings. The van der Waals surface area contributed by atoms with E-state index in [2.05, 4.69) is 29.7 Å². The third kappa shape index (κ3) is 4.64. The zero-order valence-electron chi connectivity index (χ0n) is 15.3. The number of rotatable bonds is 9. The van der Waals surface area contributed by atoms with Gasteiger partial charge in [-0.15, -0.1) is 0 Å². The summed E-state index contributed by atoms with van der Waals surface area (Å²) in [5.74, 6) is 1.37. The fourth-order valence-corrected chi connectivity index (χ4v) is 3.25. The summed E-state index contributed by atoms with van der Waals surface area (Å²) in [7, 11) is 0. The highest BCUT2D eigenvalue weighted by atomic mass is 19.1. The van der Waals surface area contributed by atoms with Crippen LogP contribution in [0.3, 0.4) is 0 Å². The van der Waals surface area contributed by atoms with Crippen LogP contribution in [0, 0.1) is 11.7 Å². The van der Waals surface area contributed by atoms with Crippen molar-refractivity contribution in [2.45, 2.75) is 32.6 Å². The maximum atomic E-state index is 13.1. The monoisotopic (exact) mass is 354 g/mol. The summed E-state index contributed by atoms with van der Waals surface area (Å²) in [5, 5.41) is 1.11. The Kier molecular flexibility index (Phi) is 6.29. The normalized spacial score (nSPS) is 12.4. The third-order valence-corrected chi connectivity index (χ3v) is 4.79. The van der Waals surface area contributed by atoms with Crippen molar-refractivity contribution in [1.82, 2.24) is 4.57 Å². The molecule has 1 heterocycles. The summed E-state index contributed by atoms with van der Waals surface area (Å²) >= 11 is 0. The minimum atomic E-state index is -0.224. The Hall–Kier alpha value is -2.33. The van der Waals surface area contributed by atoms with E-state index in [0.717, 1.165) is 48.3 Å². The minimum absolute atomic E-state index is 0.224. The fourth-order valence-electron chi connectivity index (χ4n) is 3.25. The van der Waals surface area contributed by atoms with E-state index in [-0.39, 0.29) is 5.82 Å². The van der Waals surface area contributed by atoms with Crippen LogP contribution in [0.5, 0.6) is 5.75 Å². The van der Waals surface area contributed by atoms with E-state index >= 15 is 0 Å². The summed E-state index contributed by atoms with van der Waals surface area (Å²) in [6.45, 7) is 3.77. The maximum absolute atomic E-state index is 13.1. The molecule has 0 bridgehead atoms. The van der Waals surface area contributed by atoms with Crippen molar-refractivity contribution in [3.8, 4) is 11.4 Å². The number of ether oxygens (including phenoxy) is 1. The predicted molar refractivity (Wildman–Crippen MR) is 105 cm³/mol. The van der Waals surface area contributed by atoms with E-state index in [4.69, 9.17) is 10.5 Å². The molecule has 0 radical (unpaired) electrons. The fraction of sp³-hybridized carbons (Fsp3) is 0.364. The molecule has 0 amide bonds. The average molecular weight is 354 g/mol. The molecule has 1 unspecified atom stereocenters. The van der Waals surface area contributed by atoms with Crippen LogP contribution in [0.4, 0.5) is 4.39 Å². The van der Waals surface area contributed by atoms with Gasteiger partial charge >= 0.3 is 0 Å². The number of aromatic nitrogens is 1. The van der Waals surface area contributed by atoms with Gasteiger partial charge in [-0.25, -0.2) is 4.39 Å². The highest BCUT2D eigenvalue weighted by Crippen LogP contribution is 2.25. The van der Waals surface area contributed by atoms with E-state index in [1.807, 2.05) is 12.3 Å². The molecule has 0 saturated carbocycles. The highest BCUT2D eigenvalue weighted by molar-refractivity contribution is 5.83. The summed E-state index contributed by atoms with van der Waals surface area (Å²) in [4.78, 5) is 0. The molecule has 3 nitrogen and oxygen atoms in total. The molecule has 0 aliphatic heterocycles. The Bertz CT molecular complexity index is 826. The topological polar surface area (TPSA) is 40.2 Å². The van der Waals surface area contributed by atoms with Crippen molar-refractivity contribution < 1.29 is 9.13 Å². The molecule has 3 aromatic rings. The summed E-state index contributed by atoms with van der Waals surface area (Å²) < 4.78 is 21.1. The number of fused-ring (bicyclic) bond motifs is 1. The quantitative estimate of drug-likeness (QED) is 0.529. The van der Waals surface area contributed by atoms with Crippen molar-refractivity contribution in [1.29, 1.82) is 0 Å². The van der Waals surface area contributed by atoms with E-state index in [9.17, 15) is 4.39 Å². The second-order valence-corrected chi connectivity index (χ2v) is 6.91. The second-order valence-electron chi connectivity index (χ2n) is 6.91. The van der Waals surface area contributed by atoms with Gasteiger partial charge in [0.05, 0.1) is 12.1 Å². The first-order valence-corrected chi connectivity index (χ1v) is 9.37. The SMILES string of the molecule is CC(CCN)CCCCOc1ccc2c(ccn2-c2ccc(F)cc2)c1. The Morgan fingerprint density at radius 2 is 1.85 bits per heavy atom. The molecule has 2 N–H and O–H groups in total. The van der Waals surface area contributed by atoms with Crippen LogP contribution in [0.25, 0.3) is 16.6 Å². The van der Waals surface area contributed by atoms with Crippen LogP contribution in [-0.4, -0.2) is 17.7 Å². The molecule has 4 heteroatoms. The van der Waals surface area contributed by atoms with Gasteiger partial charge in [-0.2, -0.15) is 0 Å². The second kappa shape index (κ2) is 8.86. The van der Waals surface area contributed by atoms with E-state index in [1.165, 1.54) is 25.0 Å². The zero-order chi connectivity index (χ0) is 18.4. The Balaban J connectivity index is 1.57. The molecular formula is C22H27FN2O. The lowest BCUT2D eigenvalue weighted by Crippen LogP contribution is -2.06. The minimum Gasteiger partial charge on any atom is -0.494 e. The molecule has 2 aromatic carbocycles. The van der Waals surface area contributed by atoms with Crippen molar-refractivity contribution in [2.24, 2.45) is 11.7 Å². The van der Waals surface area contributed by atoms with Gasteiger partial charge in [0, 0.05) is 17.3 Å². The molecule has 26 heavy (non-hydrogen) atoms. The summed E-state index contributed by atoms with van der Waals surface area (Å²) in [6.07, 6.45) is 6.54. The first kappa shape index (κ1) is 18.5. The number of unbranched alkanes of at least 4 members (excludes halogenated alkanes) is 1. The van der Waals surface area contributed by atoms with Crippen LogP contribution in [0.15, 0.2) is 54.7 Å². The van der Waals surface area contributed by atoms with Gasteiger partial charge in [-0.05, 0) is 80.3 Å². The van der Waals surface area contributed by atoms with Crippen molar-refractivity contribution in [2.75, 3.05) is 13.2 Å². The van der Waals surface area contributed by atoms with Crippen LogP contribution in [-0.2, 0) is 0 Å². The average Bonchev–Trinajstić information content (AvgIpc) is 3.05. The predicted octanol–water partition coefficient (Wildman–Crippen LogP) is 5.30. The number of benzene rings is 2. The summed E-state index contributed by atoms with van der Waals surface area (Å²) in [6, 6.07) is 14.7. The van der Waals surface area contributed by atoms with Crippen molar-refractivity contribution in [3.05, 3.63) is 60.5 Å². The number of hydrogen-bond donors (Lipinski definition) is 1. The van der Waals surface area contributed by atoms with Crippen LogP contribution in [0.2, 0.25) is 0 Å². The van der Waals surface area contributed by atoms with Gasteiger partial charge in [0.2, 0.25) is 0 Å². The van der Waals surface area contributed by atoms with Crippen molar-refractivity contribution >= 4 is 10.9 Å². The molecule has 0 aliphatic carbocycles. The zero-order valence-corrected chi connectivity index (χ0v) is 15.3. The molecule has 1 atom stereocenters. The number of hydrogen-bond acceptors (Lipinski definition) is 2. The Morgan fingerprint density at radius 1 is 1.04 bits per heavy atom. The van der Waals surface area contributed by atoms with E-state index in [0.29, 0.717) is 5.92 Å². The molecule has 0 spiro atoms. The van der Waals surface area contributed by atoms with Gasteiger partial charge in [-0.1, -0.05) is 13.3 Å². The standard InChI is InChI=1S/C22H27FN2O/c1-17(11-13-24)4-2-3-15-26-21-9-10-22-18(16-21)12-14-25(22)20-7-5-19(23)6-8-20/h5-10,12,14,16-17H,2-4,11,13,15,24H2,1H3.